The Morgan fingerprint density at radius 3 is 1.56 bits per heavy atom. The van der Waals surface area contributed by atoms with Crippen molar-refractivity contribution in [3.63, 3.8) is 0 Å². The summed E-state index contributed by atoms with van der Waals surface area (Å²) < 4.78 is 12.6. The third-order valence-electron chi connectivity index (χ3n) is 2.80. The summed E-state index contributed by atoms with van der Waals surface area (Å²) in [6, 6.07) is 20.2. The van der Waals surface area contributed by atoms with E-state index in [1.165, 1.54) is 11.1 Å². The molecule has 0 N–H and O–H groups in total. The average Bonchev–Trinajstić information content (AvgIpc) is 2.38. The molecule has 0 bridgehead atoms. The molecular formula is C15H15F. The summed E-state index contributed by atoms with van der Waals surface area (Å²) >= 11 is 0. The molecule has 2 aromatic rings. The maximum atomic E-state index is 12.6. The van der Waals surface area contributed by atoms with Crippen LogP contribution in [0.4, 0.5) is 4.39 Å². The zero-order chi connectivity index (χ0) is 11.2. The minimum atomic E-state index is -0.283. The first-order valence-corrected chi connectivity index (χ1v) is 5.57. The van der Waals surface area contributed by atoms with E-state index in [9.17, 15) is 4.39 Å². The lowest BCUT2D eigenvalue weighted by molar-refractivity contribution is 0.455. The number of rotatable bonds is 4. The van der Waals surface area contributed by atoms with Crippen LogP contribution in [0.5, 0.6) is 0 Å². The molecule has 82 valence electrons. The van der Waals surface area contributed by atoms with Gasteiger partial charge in [0.05, 0.1) is 6.67 Å². The maximum absolute atomic E-state index is 12.6. The Kier molecular flexibility index (Phi) is 3.71. The monoisotopic (exact) mass is 214 g/mol. The van der Waals surface area contributed by atoms with Crippen molar-refractivity contribution in [2.45, 2.75) is 12.3 Å². The third-order valence-corrected chi connectivity index (χ3v) is 2.80. The lowest BCUT2D eigenvalue weighted by Crippen LogP contribution is -2.01. The molecule has 0 heterocycles. The van der Waals surface area contributed by atoms with Crippen LogP contribution in [0.1, 0.15) is 23.5 Å². The van der Waals surface area contributed by atoms with Crippen molar-refractivity contribution >= 4 is 0 Å². The predicted octanol–water partition coefficient (Wildman–Crippen LogP) is 4.18. The molecule has 0 unspecified atom stereocenters. The lowest BCUT2D eigenvalue weighted by atomic mass is 9.89. The van der Waals surface area contributed by atoms with E-state index in [-0.39, 0.29) is 12.6 Å². The fraction of sp³-hybridized carbons (Fsp3) is 0.200. The van der Waals surface area contributed by atoms with Gasteiger partial charge in [-0.3, -0.25) is 4.39 Å². The van der Waals surface area contributed by atoms with Crippen LogP contribution >= 0.6 is 0 Å². The summed E-state index contributed by atoms with van der Waals surface area (Å²) in [6.07, 6.45) is 0.550. The zero-order valence-electron chi connectivity index (χ0n) is 9.14. The molecule has 0 saturated heterocycles. The molecule has 0 aromatic heterocycles. The molecule has 16 heavy (non-hydrogen) atoms. The minimum absolute atomic E-state index is 0.174. The second-order valence-electron chi connectivity index (χ2n) is 3.85. The maximum Gasteiger partial charge on any atom is 0.0903 e. The fourth-order valence-corrected chi connectivity index (χ4v) is 2.01. The first kappa shape index (κ1) is 10.9. The van der Waals surface area contributed by atoms with Crippen LogP contribution in [0.25, 0.3) is 0 Å². The van der Waals surface area contributed by atoms with Crippen molar-refractivity contribution in [1.29, 1.82) is 0 Å². The molecule has 0 fully saturated rings. The summed E-state index contributed by atoms with van der Waals surface area (Å²) in [5, 5.41) is 0. The third kappa shape index (κ3) is 2.48. The molecule has 0 radical (unpaired) electrons. The normalized spacial score (nSPS) is 10.6. The Morgan fingerprint density at radius 1 is 0.750 bits per heavy atom. The van der Waals surface area contributed by atoms with Crippen LogP contribution in [-0.4, -0.2) is 6.67 Å². The van der Waals surface area contributed by atoms with Gasteiger partial charge in [0, 0.05) is 5.92 Å². The quantitative estimate of drug-likeness (QED) is 0.716. The Morgan fingerprint density at radius 2 is 1.19 bits per heavy atom. The largest absolute Gasteiger partial charge is 0.251 e. The van der Waals surface area contributed by atoms with E-state index in [4.69, 9.17) is 0 Å². The van der Waals surface area contributed by atoms with Gasteiger partial charge in [-0.05, 0) is 17.5 Å². The minimum Gasteiger partial charge on any atom is -0.251 e. The molecule has 0 aliphatic carbocycles. The summed E-state index contributed by atoms with van der Waals surface area (Å²) in [5.41, 5.74) is 2.37. The van der Waals surface area contributed by atoms with E-state index in [2.05, 4.69) is 24.3 Å². The highest BCUT2D eigenvalue weighted by Gasteiger charge is 2.12. The van der Waals surface area contributed by atoms with Gasteiger partial charge in [0.25, 0.3) is 0 Å². The Bertz CT molecular complexity index is 368. The summed E-state index contributed by atoms with van der Waals surface area (Å²) in [5.74, 6) is 0.174. The summed E-state index contributed by atoms with van der Waals surface area (Å²) in [7, 11) is 0. The van der Waals surface area contributed by atoms with Gasteiger partial charge >= 0.3 is 0 Å². The van der Waals surface area contributed by atoms with Crippen LogP contribution in [0, 0.1) is 0 Å². The molecular weight excluding hydrogens is 199 g/mol. The number of hydrogen-bond donors (Lipinski definition) is 0. The number of hydrogen-bond acceptors (Lipinski definition) is 0. The van der Waals surface area contributed by atoms with Crippen molar-refractivity contribution in [2.75, 3.05) is 6.67 Å². The average molecular weight is 214 g/mol. The molecule has 0 aliphatic heterocycles. The Labute approximate surface area is 95.7 Å². The zero-order valence-corrected chi connectivity index (χ0v) is 9.14. The van der Waals surface area contributed by atoms with E-state index in [0.717, 1.165) is 0 Å². The second kappa shape index (κ2) is 5.45. The summed E-state index contributed by atoms with van der Waals surface area (Å²) in [6.45, 7) is -0.283. The van der Waals surface area contributed by atoms with Gasteiger partial charge in [-0.25, -0.2) is 0 Å². The fourth-order valence-electron chi connectivity index (χ4n) is 2.01. The van der Waals surface area contributed by atoms with Gasteiger partial charge in [0.1, 0.15) is 0 Å². The molecule has 2 aromatic carbocycles. The molecule has 0 spiro atoms. The number of alkyl halides is 1. The predicted molar refractivity (Wildman–Crippen MR) is 65.3 cm³/mol. The van der Waals surface area contributed by atoms with Crippen LogP contribution in [0.3, 0.4) is 0 Å². The highest BCUT2D eigenvalue weighted by molar-refractivity contribution is 5.32. The Balaban J connectivity index is 2.31. The molecule has 0 nitrogen and oxygen atoms in total. The van der Waals surface area contributed by atoms with E-state index in [1.807, 2.05) is 36.4 Å². The molecule has 0 amide bonds. The van der Waals surface area contributed by atoms with Crippen molar-refractivity contribution < 1.29 is 4.39 Å². The topological polar surface area (TPSA) is 0 Å². The first-order valence-electron chi connectivity index (χ1n) is 5.57. The van der Waals surface area contributed by atoms with Crippen molar-refractivity contribution in [1.82, 2.24) is 0 Å². The van der Waals surface area contributed by atoms with Gasteiger partial charge in [-0.2, -0.15) is 0 Å². The Hall–Kier alpha value is -1.63. The van der Waals surface area contributed by atoms with E-state index in [0.29, 0.717) is 6.42 Å². The van der Waals surface area contributed by atoms with Crippen LogP contribution < -0.4 is 0 Å². The van der Waals surface area contributed by atoms with Crippen LogP contribution in [0.15, 0.2) is 60.7 Å². The van der Waals surface area contributed by atoms with Crippen molar-refractivity contribution in [2.24, 2.45) is 0 Å². The molecule has 0 aliphatic rings. The van der Waals surface area contributed by atoms with Gasteiger partial charge in [-0.1, -0.05) is 60.7 Å². The smallest absolute Gasteiger partial charge is 0.0903 e. The summed E-state index contributed by atoms with van der Waals surface area (Å²) in [4.78, 5) is 0. The lowest BCUT2D eigenvalue weighted by Gasteiger charge is -2.16. The van der Waals surface area contributed by atoms with Crippen molar-refractivity contribution in [3.8, 4) is 0 Å². The van der Waals surface area contributed by atoms with Gasteiger partial charge in [-0.15, -0.1) is 0 Å². The second-order valence-corrected chi connectivity index (χ2v) is 3.85. The highest BCUT2D eigenvalue weighted by Crippen LogP contribution is 2.27. The molecule has 1 heteroatoms. The van der Waals surface area contributed by atoms with E-state index in [1.54, 1.807) is 0 Å². The van der Waals surface area contributed by atoms with Crippen LogP contribution in [0.2, 0.25) is 0 Å². The first-order chi connectivity index (χ1) is 7.92. The van der Waals surface area contributed by atoms with E-state index < -0.39 is 0 Å². The molecule has 0 saturated carbocycles. The van der Waals surface area contributed by atoms with Gasteiger partial charge < -0.3 is 0 Å². The van der Waals surface area contributed by atoms with Gasteiger partial charge in [0.2, 0.25) is 0 Å². The standard InChI is InChI=1S/C15H15F/c16-12-11-15(13-7-3-1-4-8-13)14-9-5-2-6-10-14/h1-10,15H,11-12H2. The van der Waals surface area contributed by atoms with Crippen molar-refractivity contribution in [3.05, 3.63) is 71.8 Å². The molecule has 2 rings (SSSR count). The van der Waals surface area contributed by atoms with Crippen LogP contribution in [-0.2, 0) is 0 Å². The number of halogens is 1. The van der Waals surface area contributed by atoms with E-state index >= 15 is 0 Å². The SMILES string of the molecule is FCCC(c1ccccc1)c1ccccc1. The highest BCUT2D eigenvalue weighted by atomic mass is 19.1. The number of benzene rings is 2. The van der Waals surface area contributed by atoms with Gasteiger partial charge in [0.15, 0.2) is 0 Å². The molecule has 0 atom stereocenters.